The predicted octanol–water partition coefficient (Wildman–Crippen LogP) is -0.213. The van der Waals surface area contributed by atoms with Gasteiger partial charge in [-0.15, -0.1) is 0 Å². The molecule has 2 aromatic carbocycles. The minimum Gasteiger partial charge on any atom is -0.872 e. The van der Waals surface area contributed by atoms with Crippen molar-refractivity contribution in [3.8, 4) is 17.2 Å². The van der Waals surface area contributed by atoms with Crippen molar-refractivity contribution in [1.29, 1.82) is 0 Å². The third-order valence-corrected chi connectivity index (χ3v) is 5.42. The molecule has 3 rings (SSSR count). The van der Waals surface area contributed by atoms with E-state index in [4.69, 9.17) is 4.74 Å². The molecule has 0 saturated carbocycles. The van der Waals surface area contributed by atoms with Gasteiger partial charge < -0.3 is 29.8 Å². The van der Waals surface area contributed by atoms with Gasteiger partial charge in [0.15, 0.2) is 12.4 Å². The summed E-state index contributed by atoms with van der Waals surface area (Å²) in [6.45, 7) is 0.264. The molecule has 8 heteroatoms. The Morgan fingerprint density at radius 1 is 1.21 bits per heavy atom. The van der Waals surface area contributed by atoms with Gasteiger partial charge in [-0.1, -0.05) is 21.7 Å². The van der Waals surface area contributed by atoms with Gasteiger partial charge in [0.2, 0.25) is 0 Å². The monoisotopic (exact) mass is 448 g/mol. The first-order chi connectivity index (χ1) is 13.4. The Balaban J connectivity index is 1.75. The summed E-state index contributed by atoms with van der Waals surface area (Å²) >= 11 is 3.31. The number of aliphatic carboxylic acids is 1. The molecule has 7 nitrogen and oxygen atoms in total. The minimum atomic E-state index is -1.17. The molecule has 1 heterocycles. The molecule has 0 radical (unpaired) electrons. The van der Waals surface area contributed by atoms with Crippen LogP contribution in [-0.2, 0) is 11.3 Å². The van der Waals surface area contributed by atoms with Gasteiger partial charge in [-0.2, -0.15) is 0 Å². The number of quaternary nitrogens is 1. The number of aromatic hydroxyl groups is 1. The molecule has 0 bridgehead atoms. The smallest absolute Gasteiger partial charge is 0.199 e. The molecule has 2 N–H and O–H groups in total. The number of carbonyl (C=O) groups is 2. The highest BCUT2D eigenvalue weighted by molar-refractivity contribution is 9.10. The number of nitrogens with one attached hydrogen (secondary N) is 1. The maximum Gasteiger partial charge on any atom is 0.199 e. The Morgan fingerprint density at radius 3 is 2.61 bits per heavy atom. The highest BCUT2D eigenvalue weighted by Crippen LogP contribution is 2.28. The number of rotatable bonds is 7. The first-order valence-corrected chi connectivity index (χ1v) is 9.65. The molecule has 1 fully saturated rings. The van der Waals surface area contributed by atoms with E-state index < -0.39 is 23.5 Å². The molecule has 0 spiro atoms. The van der Waals surface area contributed by atoms with E-state index in [1.807, 2.05) is 0 Å². The largest absolute Gasteiger partial charge is 0.872 e. The fourth-order valence-corrected chi connectivity index (χ4v) is 3.66. The number of hydrogen-bond acceptors (Lipinski definition) is 6. The van der Waals surface area contributed by atoms with Crippen molar-refractivity contribution in [2.45, 2.75) is 25.4 Å². The number of carboxylic acid groups (broad SMARTS) is 1. The zero-order valence-electron chi connectivity index (χ0n) is 14.9. The van der Waals surface area contributed by atoms with Gasteiger partial charge in [-0.05, 0) is 36.4 Å². The summed E-state index contributed by atoms with van der Waals surface area (Å²) in [5.41, 5.74) is -0.0499. The van der Waals surface area contributed by atoms with Crippen LogP contribution in [-0.4, -0.2) is 36.1 Å². The van der Waals surface area contributed by atoms with E-state index >= 15 is 0 Å². The van der Waals surface area contributed by atoms with Crippen LogP contribution in [0, 0.1) is 0 Å². The number of carbonyl (C=O) groups excluding carboxylic acids is 2. The molecule has 1 unspecified atom stereocenters. The summed E-state index contributed by atoms with van der Waals surface area (Å²) in [4.78, 5) is 24.3. The van der Waals surface area contributed by atoms with Gasteiger partial charge >= 0.3 is 0 Å². The molecule has 0 aromatic heterocycles. The molecule has 0 aliphatic carbocycles. The van der Waals surface area contributed by atoms with Crippen molar-refractivity contribution >= 4 is 27.7 Å². The maximum absolute atomic E-state index is 12.7. The van der Waals surface area contributed by atoms with Gasteiger partial charge in [0.1, 0.15) is 24.1 Å². The van der Waals surface area contributed by atoms with Crippen molar-refractivity contribution < 1.29 is 34.5 Å². The molecule has 148 valence electrons. The van der Waals surface area contributed by atoms with Gasteiger partial charge in [0, 0.05) is 28.4 Å². The number of phenolic OH excluding ortho intramolecular Hbond substituents is 1. The number of carboxylic acids is 1. The molecule has 2 aromatic rings. The lowest BCUT2D eigenvalue weighted by molar-refractivity contribution is -0.919. The number of halogens is 1. The zero-order chi connectivity index (χ0) is 20.3. The topological polar surface area (TPSA) is 114 Å². The lowest BCUT2D eigenvalue weighted by Gasteiger charge is -2.26. The first kappa shape index (κ1) is 20.2. The fraction of sp³-hybridized carbons (Fsp3) is 0.300. The van der Waals surface area contributed by atoms with Gasteiger partial charge in [0.25, 0.3) is 0 Å². The van der Waals surface area contributed by atoms with E-state index in [2.05, 4.69) is 15.9 Å². The van der Waals surface area contributed by atoms with E-state index in [1.54, 1.807) is 24.3 Å². The third-order valence-electron chi connectivity index (χ3n) is 4.89. The second-order valence-electron chi connectivity index (χ2n) is 6.70. The second-order valence-corrected chi connectivity index (χ2v) is 7.62. The van der Waals surface area contributed by atoms with E-state index in [-0.39, 0.29) is 30.0 Å². The summed E-state index contributed by atoms with van der Waals surface area (Å²) in [5, 5.41) is 34.1. The van der Waals surface area contributed by atoms with Crippen molar-refractivity contribution in [3.63, 3.8) is 0 Å². The number of Topliss-reactive ketones (excluding diaryl/α,β-unsaturated/α-hetero) is 1. The molecular formula is C20H19BrNO6-. The fourth-order valence-electron chi connectivity index (χ4n) is 3.40. The number of hydrogen-bond donors (Lipinski definition) is 2. The summed E-state index contributed by atoms with van der Waals surface area (Å²) in [7, 11) is 0. The molecule has 1 aliphatic rings. The minimum absolute atomic E-state index is 0.0258. The first-order valence-electron chi connectivity index (χ1n) is 8.85. The quantitative estimate of drug-likeness (QED) is 0.566. The molecular weight excluding hydrogens is 430 g/mol. The number of likely N-dealkylation sites (tertiary alicyclic amines) is 1. The van der Waals surface area contributed by atoms with Crippen LogP contribution in [0.3, 0.4) is 0 Å². The second kappa shape index (κ2) is 8.62. The zero-order valence-corrected chi connectivity index (χ0v) is 16.5. The lowest BCUT2D eigenvalue weighted by atomic mass is 10.0. The Morgan fingerprint density at radius 2 is 1.93 bits per heavy atom. The van der Waals surface area contributed by atoms with Crippen molar-refractivity contribution in [2.24, 2.45) is 0 Å². The van der Waals surface area contributed by atoms with E-state index in [0.717, 1.165) is 4.47 Å². The van der Waals surface area contributed by atoms with Crippen LogP contribution in [0.15, 0.2) is 40.9 Å². The Bertz CT molecular complexity index is 883. The normalized spacial score (nSPS) is 18.8. The Labute approximate surface area is 170 Å². The highest BCUT2D eigenvalue weighted by Gasteiger charge is 2.30. The van der Waals surface area contributed by atoms with Crippen molar-refractivity contribution in [1.82, 2.24) is 0 Å². The average molecular weight is 449 g/mol. The van der Waals surface area contributed by atoms with Crippen LogP contribution in [0.5, 0.6) is 17.2 Å². The number of ether oxygens (including phenoxy) is 1. The predicted molar refractivity (Wildman–Crippen MR) is 99.1 cm³/mol. The highest BCUT2D eigenvalue weighted by atomic mass is 79.9. The van der Waals surface area contributed by atoms with E-state index in [1.165, 1.54) is 12.1 Å². The van der Waals surface area contributed by atoms with Crippen molar-refractivity contribution in [2.75, 3.05) is 13.2 Å². The standard InChI is InChI=1S/C20H20BrNO6/c21-12-3-5-13(6-4-12)28-11-18(24)14-7-8-17(23)15(19(14)25)10-22-9-1-2-16(22)20(26)27/h3-8,16,23,25H,1-2,9-11H2,(H,26,27)/p-1/t16-/m1/s1. The number of phenols is 1. The maximum atomic E-state index is 12.7. The molecule has 1 saturated heterocycles. The third kappa shape index (κ3) is 4.45. The molecule has 0 amide bonds. The lowest BCUT2D eigenvalue weighted by Crippen LogP contribution is -3.14. The SMILES string of the molecule is O=C(COc1ccc(Br)cc1)c1ccc(O)c(C[NH+]2CCC[C@@H]2C(=O)[O-])c1[O-]. The summed E-state index contributed by atoms with van der Waals surface area (Å²) in [6.07, 6.45) is 1.16. The Hall–Kier alpha value is -2.58. The summed E-state index contributed by atoms with van der Waals surface area (Å²) in [6, 6.07) is 8.74. The molecule has 2 atom stereocenters. The van der Waals surface area contributed by atoms with Crippen molar-refractivity contribution in [3.05, 3.63) is 52.0 Å². The van der Waals surface area contributed by atoms with Crippen LogP contribution < -0.4 is 19.8 Å². The van der Waals surface area contributed by atoms with Gasteiger partial charge in [0.05, 0.1) is 12.5 Å². The van der Waals surface area contributed by atoms with Gasteiger partial charge in [-0.25, -0.2) is 0 Å². The van der Waals surface area contributed by atoms with E-state index in [9.17, 15) is 24.9 Å². The van der Waals surface area contributed by atoms with Crippen LogP contribution in [0.25, 0.3) is 0 Å². The number of ketones is 1. The number of benzene rings is 2. The van der Waals surface area contributed by atoms with Crippen LogP contribution >= 0.6 is 15.9 Å². The van der Waals surface area contributed by atoms with Crippen LogP contribution in [0.4, 0.5) is 0 Å². The summed E-state index contributed by atoms with van der Waals surface area (Å²) < 4.78 is 6.29. The Kier molecular flexibility index (Phi) is 6.21. The van der Waals surface area contributed by atoms with E-state index in [0.29, 0.717) is 30.0 Å². The van der Waals surface area contributed by atoms with Crippen LogP contribution in [0.1, 0.15) is 28.8 Å². The molecule has 1 aliphatic heterocycles. The van der Waals surface area contributed by atoms with Crippen LogP contribution in [0.2, 0.25) is 0 Å². The molecule has 28 heavy (non-hydrogen) atoms. The summed E-state index contributed by atoms with van der Waals surface area (Å²) in [5.74, 6) is -2.04. The van der Waals surface area contributed by atoms with Gasteiger partial charge in [-0.3, -0.25) is 4.79 Å². The average Bonchev–Trinajstić information content (AvgIpc) is 3.13.